The first-order valence-corrected chi connectivity index (χ1v) is 9.13. The summed E-state index contributed by atoms with van der Waals surface area (Å²) in [5, 5.41) is 9.52. The van der Waals surface area contributed by atoms with E-state index in [4.69, 9.17) is 5.73 Å². The molecule has 0 spiro atoms. The summed E-state index contributed by atoms with van der Waals surface area (Å²) in [6, 6.07) is 2.32. The lowest BCUT2D eigenvalue weighted by atomic mass is 9.80. The summed E-state index contributed by atoms with van der Waals surface area (Å²) in [4.78, 5) is 12.2. The molecule has 156 valence electrons. The maximum absolute atomic E-state index is 13.0. The molecular formula is C18H23F3N8. The molecule has 1 aliphatic rings. The molecule has 0 bridgehead atoms. The van der Waals surface area contributed by atoms with Gasteiger partial charge in [-0.05, 0) is 31.7 Å². The van der Waals surface area contributed by atoms with Crippen molar-refractivity contribution in [1.29, 1.82) is 0 Å². The minimum absolute atomic E-state index is 0.00371. The molecule has 0 aliphatic heterocycles. The molecule has 0 atom stereocenters. The zero-order valence-corrected chi connectivity index (χ0v) is 16.1. The van der Waals surface area contributed by atoms with Crippen molar-refractivity contribution in [3.8, 4) is 0 Å². The van der Waals surface area contributed by atoms with Crippen LogP contribution in [-0.4, -0.2) is 39.1 Å². The van der Waals surface area contributed by atoms with Gasteiger partial charge >= 0.3 is 6.18 Å². The molecule has 11 heteroatoms. The monoisotopic (exact) mass is 408 g/mol. The number of rotatable bonds is 7. The third kappa shape index (κ3) is 4.84. The topological polar surface area (TPSA) is 106 Å². The van der Waals surface area contributed by atoms with E-state index in [-0.39, 0.29) is 11.8 Å². The van der Waals surface area contributed by atoms with Crippen molar-refractivity contribution >= 4 is 17.5 Å². The number of nitrogens with two attached hydrogens (primary N) is 1. The molecule has 2 heterocycles. The van der Waals surface area contributed by atoms with Gasteiger partial charge in [-0.2, -0.15) is 23.3 Å². The highest BCUT2D eigenvalue weighted by Crippen LogP contribution is 2.37. The highest BCUT2D eigenvalue weighted by Gasteiger charge is 2.35. The summed E-state index contributed by atoms with van der Waals surface area (Å²) in [6.07, 6.45) is 3.21. The van der Waals surface area contributed by atoms with Crippen molar-refractivity contribution in [3.63, 3.8) is 0 Å². The van der Waals surface area contributed by atoms with Crippen LogP contribution in [-0.2, 0) is 6.18 Å². The van der Waals surface area contributed by atoms with E-state index in [1.807, 2.05) is 16.9 Å². The number of alkyl halides is 3. The molecule has 2 aromatic heterocycles. The average molecular weight is 408 g/mol. The second-order valence-electron chi connectivity index (χ2n) is 6.81. The predicted octanol–water partition coefficient (Wildman–Crippen LogP) is 3.06. The van der Waals surface area contributed by atoms with E-state index in [0.29, 0.717) is 29.9 Å². The number of aromatic nitrogens is 4. The zero-order valence-electron chi connectivity index (χ0n) is 16.1. The van der Waals surface area contributed by atoms with Crippen LogP contribution in [0.3, 0.4) is 0 Å². The smallest absolute Gasteiger partial charge is 0.403 e. The first-order chi connectivity index (χ1) is 13.8. The standard InChI is InChI=1S/C18H23F3N8/c1-11(24-9-12-6-13(7-12)29-5-3-4-26-29)15(8-22)27-17-25-10-14(18(19,20)21)16(23-2)28-17/h3-5,8,10,12-13H,6-7,9,22H2,1-2H3,(H2,23,25,27,28)/b15-8+,24-11?. The first kappa shape index (κ1) is 20.6. The van der Waals surface area contributed by atoms with Gasteiger partial charge < -0.3 is 16.4 Å². The van der Waals surface area contributed by atoms with Crippen LogP contribution in [0.2, 0.25) is 0 Å². The van der Waals surface area contributed by atoms with Crippen molar-refractivity contribution in [2.75, 3.05) is 24.2 Å². The molecule has 1 aliphatic carbocycles. The van der Waals surface area contributed by atoms with Gasteiger partial charge in [0.05, 0.1) is 17.5 Å². The molecule has 1 fully saturated rings. The van der Waals surface area contributed by atoms with Crippen molar-refractivity contribution < 1.29 is 13.2 Å². The average Bonchev–Trinajstić information content (AvgIpc) is 3.17. The predicted molar refractivity (Wildman–Crippen MR) is 104 cm³/mol. The molecule has 8 nitrogen and oxygen atoms in total. The van der Waals surface area contributed by atoms with Gasteiger partial charge in [-0.25, -0.2) is 4.98 Å². The molecule has 0 aromatic carbocycles. The molecule has 0 radical (unpaired) electrons. The quantitative estimate of drug-likeness (QED) is 0.608. The summed E-state index contributed by atoms with van der Waals surface area (Å²) >= 11 is 0. The zero-order chi connectivity index (χ0) is 21.0. The summed E-state index contributed by atoms with van der Waals surface area (Å²) in [7, 11) is 1.36. The largest absolute Gasteiger partial charge is 0.421 e. The van der Waals surface area contributed by atoms with Crippen molar-refractivity contribution in [2.24, 2.45) is 16.6 Å². The Hall–Kier alpha value is -3.11. The summed E-state index contributed by atoms with van der Waals surface area (Å²) < 4.78 is 40.8. The molecule has 1 saturated carbocycles. The minimum Gasteiger partial charge on any atom is -0.403 e. The van der Waals surface area contributed by atoms with E-state index < -0.39 is 11.7 Å². The Morgan fingerprint density at radius 1 is 1.41 bits per heavy atom. The minimum atomic E-state index is -4.54. The number of aliphatic imine (C=N–C) groups is 1. The van der Waals surface area contributed by atoms with Crippen LogP contribution in [0.25, 0.3) is 0 Å². The number of hydrogen-bond donors (Lipinski definition) is 3. The molecule has 29 heavy (non-hydrogen) atoms. The van der Waals surface area contributed by atoms with Gasteiger partial charge in [0, 0.05) is 38.4 Å². The van der Waals surface area contributed by atoms with Gasteiger partial charge in [0.15, 0.2) is 0 Å². The molecular weight excluding hydrogens is 385 g/mol. The molecule has 2 aromatic rings. The normalized spacial score (nSPS) is 20.3. The molecule has 3 rings (SSSR count). The Bertz CT molecular complexity index is 883. The van der Waals surface area contributed by atoms with Crippen molar-refractivity contribution in [3.05, 3.63) is 42.1 Å². The highest BCUT2D eigenvalue weighted by atomic mass is 19.4. The van der Waals surface area contributed by atoms with Gasteiger partial charge in [0.25, 0.3) is 0 Å². The lowest BCUT2D eigenvalue weighted by Crippen LogP contribution is -2.29. The van der Waals surface area contributed by atoms with E-state index in [1.165, 1.54) is 13.2 Å². The lowest BCUT2D eigenvalue weighted by molar-refractivity contribution is -0.137. The fourth-order valence-corrected chi connectivity index (χ4v) is 3.13. The summed E-state index contributed by atoms with van der Waals surface area (Å²) in [6.45, 7) is 2.41. The highest BCUT2D eigenvalue weighted by molar-refractivity contribution is 6.00. The lowest BCUT2D eigenvalue weighted by Gasteiger charge is -2.34. The Morgan fingerprint density at radius 3 is 2.76 bits per heavy atom. The number of nitrogens with zero attached hydrogens (tertiary/aromatic N) is 5. The van der Waals surface area contributed by atoms with E-state index in [1.54, 1.807) is 13.1 Å². The molecule has 0 saturated heterocycles. The van der Waals surface area contributed by atoms with Crippen LogP contribution in [0.4, 0.5) is 24.9 Å². The number of hydrogen-bond acceptors (Lipinski definition) is 7. The Balaban J connectivity index is 1.60. The second kappa shape index (κ2) is 8.50. The van der Waals surface area contributed by atoms with Crippen LogP contribution in [0, 0.1) is 5.92 Å². The number of nitrogens with one attached hydrogen (secondary N) is 2. The van der Waals surface area contributed by atoms with E-state index in [9.17, 15) is 13.2 Å². The van der Waals surface area contributed by atoms with E-state index in [2.05, 4.69) is 30.7 Å². The fourth-order valence-electron chi connectivity index (χ4n) is 3.13. The van der Waals surface area contributed by atoms with Crippen molar-refractivity contribution in [2.45, 2.75) is 32.0 Å². The van der Waals surface area contributed by atoms with Gasteiger partial charge in [0.1, 0.15) is 11.4 Å². The van der Waals surface area contributed by atoms with Crippen molar-refractivity contribution in [1.82, 2.24) is 19.7 Å². The fraction of sp³-hybridized carbons (Fsp3) is 0.444. The summed E-state index contributed by atoms with van der Waals surface area (Å²) in [5.74, 6) is 0.132. The first-order valence-electron chi connectivity index (χ1n) is 9.13. The third-order valence-electron chi connectivity index (χ3n) is 4.83. The van der Waals surface area contributed by atoms with Gasteiger partial charge in [-0.15, -0.1) is 0 Å². The summed E-state index contributed by atoms with van der Waals surface area (Å²) in [5.41, 5.74) is 5.79. The van der Waals surface area contributed by atoms with Crippen LogP contribution in [0.15, 0.2) is 41.5 Å². The van der Waals surface area contributed by atoms with E-state index >= 15 is 0 Å². The van der Waals surface area contributed by atoms with Gasteiger partial charge in [-0.1, -0.05) is 0 Å². The van der Waals surface area contributed by atoms with Gasteiger partial charge in [-0.3, -0.25) is 9.67 Å². The maximum Gasteiger partial charge on any atom is 0.421 e. The molecule has 0 unspecified atom stereocenters. The van der Waals surface area contributed by atoms with E-state index in [0.717, 1.165) is 19.0 Å². The van der Waals surface area contributed by atoms with Crippen LogP contribution in [0.5, 0.6) is 0 Å². The number of anilines is 2. The SMILES string of the molecule is CNc1nc(N/C(=C/N)C(C)=NCC2CC(n3cccn3)C2)ncc1C(F)(F)F. The van der Waals surface area contributed by atoms with Crippen LogP contribution >= 0.6 is 0 Å². The molecule has 0 amide bonds. The van der Waals surface area contributed by atoms with Gasteiger partial charge in [0.2, 0.25) is 5.95 Å². The van der Waals surface area contributed by atoms with Crippen LogP contribution in [0.1, 0.15) is 31.4 Å². The Morgan fingerprint density at radius 2 is 2.17 bits per heavy atom. The van der Waals surface area contributed by atoms with Crippen LogP contribution < -0.4 is 16.4 Å². The second-order valence-corrected chi connectivity index (χ2v) is 6.81. The number of halogens is 3. The Kier molecular flexibility index (Phi) is 6.04. The number of allylic oxidation sites excluding steroid dienone is 1. The Labute approximate surface area is 166 Å². The maximum atomic E-state index is 13.0. The molecule has 4 N–H and O–H groups in total. The third-order valence-corrected chi connectivity index (χ3v) is 4.83.